The number of nitrogens with zero attached hydrogens (tertiary/aromatic N) is 5. The van der Waals surface area contributed by atoms with Crippen LogP contribution in [0.15, 0.2) is 18.7 Å². The van der Waals surface area contributed by atoms with Gasteiger partial charge >= 0.3 is 0 Å². The summed E-state index contributed by atoms with van der Waals surface area (Å²) < 4.78 is 6.47. The summed E-state index contributed by atoms with van der Waals surface area (Å²) in [6, 6.07) is 0. The number of aliphatic hydroxyl groups is 1. The van der Waals surface area contributed by atoms with Crippen LogP contribution in [-0.4, -0.2) is 56.0 Å². The van der Waals surface area contributed by atoms with E-state index in [1.807, 2.05) is 0 Å². The first kappa shape index (κ1) is 14.2. The van der Waals surface area contributed by atoms with E-state index in [0.717, 1.165) is 0 Å². The minimum absolute atomic E-state index is 0.114. The average Bonchev–Trinajstić information content (AvgIpc) is 2.92. The molecule has 0 amide bonds. The molecule has 2 heterocycles. The lowest BCUT2D eigenvalue weighted by atomic mass is 10.3. The Morgan fingerprint density at radius 1 is 1.45 bits per heavy atom. The van der Waals surface area contributed by atoms with Crippen LogP contribution in [0.3, 0.4) is 0 Å². The number of nitrogens with one attached hydrogen (secondary N) is 1. The largest absolute Gasteiger partial charge is 0.391 e. The third kappa shape index (κ3) is 3.87. The van der Waals surface area contributed by atoms with Crippen LogP contribution in [0.2, 0.25) is 0 Å². The average molecular weight is 279 g/mol. The Bertz CT molecular complexity index is 532. The van der Waals surface area contributed by atoms with Crippen molar-refractivity contribution in [3.05, 3.63) is 18.7 Å². The van der Waals surface area contributed by atoms with E-state index < -0.39 is 6.10 Å². The second kappa shape index (κ2) is 6.78. The number of imidazole rings is 1. The van der Waals surface area contributed by atoms with Gasteiger partial charge in [0.05, 0.1) is 12.7 Å². The van der Waals surface area contributed by atoms with Crippen molar-refractivity contribution in [2.75, 3.05) is 31.3 Å². The third-order valence-corrected chi connectivity index (χ3v) is 2.50. The standard InChI is InChI=1S/C11H17N7O2/c1-20-6-8(19)2-3-14-10-15-9(12)16-11(17-10)18-5-4-13-7-18/h4-5,7-8,19H,2-3,6H2,1H3,(H3,12,14,15,16,17). The molecule has 2 aromatic rings. The maximum atomic E-state index is 9.53. The van der Waals surface area contributed by atoms with E-state index >= 15 is 0 Å². The molecule has 1 atom stereocenters. The molecule has 0 aliphatic carbocycles. The Hall–Kier alpha value is -2.26. The van der Waals surface area contributed by atoms with Crippen LogP contribution < -0.4 is 11.1 Å². The first-order valence-electron chi connectivity index (χ1n) is 6.10. The van der Waals surface area contributed by atoms with Gasteiger partial charge in [-0.25, -0.2) is 4.98 Å². The minimum Gasteiger partial charge on any atom is -0.391 e. The van der Waals surface area contributed by atoms with E-state index in [-0.39, 0.29) is 5.95 Å². The Morgan fingerprint density at radius 3 is 3.00 bits per heavy atom. The van der Waals surface area contributed by atoms with Crippen LogP contribution in [-0.2, 0) is 4.74 Å². The van der Waals surface area contributed by atoms with Gasteiger partial charge in [0.1, 0.15) is 6.33 Å². The summed E-state index contributed by atoms with van der Waals surface area (Å²) in [4.78, 5) is 16.1. The summed E-state index contributed by atoms with van der Waals surface area (Å²) >= 11 is 0. The van der Waals surface area contributed by atoms with Gasteiger partial charge in [-0.15, -0.1) is 0 Å². The summed E-state index contributed by atoms with van der Waals surface area (Å²) in [6.45, 7) is 0.790. The first-order valence-corrected chi connectivity index (χ1v) is 6.10. The van der Waals surface area contributed by atoms with Gasteiger partial charge in [-0.2, -0.15) is 15.0 Å². The van der Waals surface area contributed by atoms with Gasteiger partial charge < -0.3 is 20.9 Å². The maximum absolute atomic E-state index is 9.53. The van der Waals surface area contributed by atoms with Crippen molar-refractivity contribution in [1.29, 1.82) is 0 Å². The number of methoxy groups -OCH3 is 1. The van der Waals surface area contributed by atoms with E-state index in [2.05, 4.69) is 25.3 Å². The van der Waals surface area contributed by atoms with Gasteiger partial charge in [0.2, 0.25) is 17.8 Å². The zero-order valence-electron chi connectivity index (χ0n) is 11.1. The highest BCUT2D eigenvalue weighted by Gasteiger charge is 2.07. The molecule has 0 aliphatic rings. The van der Waals surface area contributed by atoms with Gasteiger partial charge in [0.15, 0.2) is 0 Å². The minimum atomic E-state index is -0.528. The molecule has 1 unspecified atom stereocenters. The smallest absolute Gasteiger partial charge is 0.241 e. The van der Waals surface area contributed by atoms with Crippen molar-refractivity contribution in [2.24, 2.45) is 0 Å². The molecular formula is C11H17N7O2. The predicted octanol–water partition coefficient (Wildman–Crippen LogP) is -0.551. The molecule has 20 heavy (non-hydrogen) atoms. The molecule has 0 bridgehead atoms. The molecule has 2 aromatic heterocycles. The van der Waals surface area contributed by atoms with Crippen molar-refractivity contribution in [3.8, 4) is 5.95 Å². The van der Waals surface area contributed by atoms with Crippen LogP contribution in [0, 0.1) is 0 Å². The number of aliphatic hydroxyl groups excluding tert-OH is 1. The summed E-state index contributed by atoms with van der Waals surface area (Å²) in [5.74, 6) is 0.851. The fourth-order valence-corrected chi connectivity index (χ4v) is 1.58. The first-order chi connectivity index (χ1) is 9.69. The predicted molar refractivity (Wildman–Crippen MR) is 72.4 cm³/mol. The number of anilines is 2. The van der Waals surface area contributed by atoms with E-state index in [0.29, 0.717) is 31.5 Å². The SMILES string of the molecule is COCC(O)CCNc1nc(N)nc(-n2ccnc2)n1. The quantitative estimate of drug-likeness (QED) is 0.616. The van der Waals surface area contributed by atoms with Crippen molar-refractivity contribution >= 4 is 11.9 Å². The molecule has 0 spiro atoms. The normalized spacial score (nSPS) is 12.3. The highest BCUT2D eigenvalue weighted by atomic mass is 16.5. The lowest BCUT2D eigenvalue weighted by molar-refractivity contribution is 0.0615. The number of aromatic nitrogens is 5. The molecule has 9 heteroatoms. The molecule has 0 radical (unpaired) electrons. The van der Waals surface area contributed by atoms with Crippen molar-refractivity contribution < 1.29 is 9.84 Å². The van der Waals surface area contributed by atoms with E-state index in [4.69, 9.17) is 10.5 Å². The van der Waals surface area contributed by atoms with Gasteiger partial charge in [0, 0.05) is 26.0 Å². The number of nitrogens with two attached hydrogens (primary N) is 1. The fourth-order valence-electron chi connectivity index (χ4n) is 1.58. The van der Waals surface area contributed by atoms with Crippen molar-refractivity contribution in [2.45, 2.75) is 12.5 Å². The monoisotopic (exact) mass is 279 g/mol. The number of hydrogen-bond donors (Lipinski definition) is 3. The van der Waals surface area contributed by atoms with E-state index in [1.54, 1.807) is 30.4 Å². The highest BCUT2D eigenvalue weighted by Crippen LogP contribution is 2.07. The molecule has 0 aromatic carbocycles. The Morgan fingerprint density at radius 2 is 2.30 bits per heavy atom. The molecule has 0 aliphatic heterocycles. The van der Waals surface area contributed by atoms with Crippen LogP contribution in [0.25, 0.3) is 5.95 Å². The van der Waals surface area contributed by atoms with Gasteiger partial charge in [0.25, 0.3) is 0 Å². The molecule has 108 valence electrons. The zero-order chi connectivity index (χ0) is 14.4. The Labute approximate surface area is 115 Å². The number of nitrogen functional groups attached to an aromatic ring is 1. The molecule has 9 nitrogen and oxygen atoms in total. The van der Waals surface area contributed by atoms with Gasteiger partial charge in [-0.1, -0.05) is 0 Å². The second-order valence-corrected chi connectivity index (χ2v) is 4.11. The fraction of sp³-hybridized carbons (Fsp3) is 0.455. The molecule has 2 rings (SSSR count). The zero-order valence-corrected chi connectivity index (χ0v) is 11.1. The molecular weight excluding hydrogens is 262 g/mol. The Balaban J connectivity index is 1.98. The molecule has 0 saturated carbocycles. The number of rotatable bonds is 7. The summed E-state index contributed by atoms with van der Waals surface area (Å²) in [6.07, 6.45) is 4.88. The van der Waals surface area contributed by atoms with Gasteiger partial charge in [-0.05, 0) is 6.42 Å². The van der Waals surface area contributed by atoms with Crippen LogP contribution in [0.4, 0.5) is 11.9 Å². The van der Waals surface area contributed by atoms with E-state index in [1.165, 1.54) is 0 Å². The van der Waals surface area contributed by atoms with Crippen LogP contribution in [0.1, 0.15) is 6.42 Å². The summed E-state index contributed by atoms with van der Waals surface area (Å²) in [5.41, 5.74) is 5.64. The van der Waals surface area contributed by atoms with E-state index in [9.17, 15) is 5.11 Å². The number of ether oxygens (including phenoxy) is 1. The van der Waals surface area contributed by atoms with Gasteiger partial charge in [-0.3, -0.25) is 4.57 Å². The van der Waals surface area contributed by atoms with Crippen molar-refractivity contribution in [1.82, 2.24) is 24.5 Å². The number of hydrogen-bond acceptors (Lipinski definition) is 8. The lowest BCUT2D eigenvalue weighted by Gasteiger charge is -2.10. The lowest BCUT2D eigenvalue weighted by Crippen LogP contribution is -2.19. The van der Waals surface area contributed by atoms with Crippen molar-refractivity contribution in [3.63, 3.8) is 0 Å². The highest BCUT2D eigenvalue weighted by molar-refractivity contribution is 5.34. The molecule has 4 N–H and O–H groups in total. The Kier molecular flexibility index (Phi) is 4.80. The van der Waals surface area contributed by atoms with Crippen LogP contribution >= 0.6 is 0 Å². The molecule has 0 saturated heterocycles. The topological polar surface area (TPSA) is 124 Å². The summed E-state index contributed by atoms with van der Waals surface area (Å²) in [5, 5.41) is 12.5. The maximum Gasteiger partial charge on any atom is 0.241 e. The third-order valence-electron chi connectivity index (χ3n) is 2.50. The summed E-state index contributed by atoms with van der Waals surface area (Å²) in [7, 11) is 1.54. The van der Waals surface area contributed by atoms with Crippen LogP contribution in [0.5, 0.6) is 0 Å². The second-order valence-electron chi connectivity index (χ2n) is 4.11. The molecule has 0 fully saturated rings.